The van der Waals surface area contributed by atoms with Gasteiger partial charge in [-0.25, -0.2) is 15.8 Å². The van der Waals surface area contributed by atoms with Gasteiger partial charge in [0.25, 0.3) is 0 Å². The molecule has 1 aromatic heterocycles. The predicted molar refractivity (Wildman–Crippen MR) is 75.2 cm³/mol. The summed E-state index contributed by atoms with van der Waals surface area (Å²) >= 11 is 0. The van der Waals surface area contributed by atoms with E-state index >= 15 is 0 Å². The minimum absolute atomic E-state index is 0.508. The molecule has 2 aliphatic rings. The van der Waals surface area contributed by atoms with Crippen molar-refractivity contribution in [3.8, 4) is 0 Å². The summed E-state index contributed by atoms with van der Waals surface area (Å²) in [6.07, 6.45) is 10.1. The smallest absolute Gasteiger partial charge is 0.237 e. The quantitative estimate of drug-likeness (QED) is 0.640. The van der Waals surface area contributed by atoms with Crippen LogP contribution in [0.2, 0.25) is 0 Å². The highest BCUT2D eigenvalue weighted by Gasteiger charge is 2.33. The Morgan fingerprint density at radius 2 is 2.11 bits per heavy atom. The molecule has 1 unspecified atom stereocenters. The summed E-state index contributed by atoms with van der Waals surface area (Å²) in [6.45, 7) is 2.13. The molecular weight excluding hydrogens is 238 g/mol. The molecule has 0 aromatic carbocycles. The molecule has 0 radical (unpaired) electrons. The van der Waals surface area contributed by atoms with Crippen molar-refractivity contribution >= 4 is 5.95 Å². The summed E-state index contributed by atoms with van der Waals surface area (Å²) in [7, 11) is 0. The average Bonchev–Trinajstić information content (AvgIpc) is 3.09. The lowest BCUT2D eigenvalue weighted by Crippen LogP contribution is -2.34. The van der Waals surface area contributed by atoms with Gasteiger partial charge in [0, 0.05) is 18.8 Å². The number of anilines is 1. The average molecular weight is 261 g/mol. The van der Waals surface area contributed by atoms with E-state index in [2.05, 4.69) is 20.3 Å². The van der Waals surface area contributed by atoms with Gasteiger partial charge in [0.05, 0.1) is 5.69 Å². The second-order valence-corrected chi connectivity index (χ2v) is 5.74. The highest BCUT2D eigenvalue weighted by Crippen LogP contribution is 2.35. The molecule has 2 heterocycles. The first kappa shape index (κ1) is 12.8. The molecular formula is C14H23N5. The van der Waals surface area contributed by atoms with Gasteiger partial charge in [0.15, 0.2) is 0 Å². The molecule has 0 spiro atoms. The van der Waals surface area contributed by atoms with Crippen LogP contribution in [0.15, 0.2) is 12.3 Å². The summed E-state index contributed by atoms with van der Waals surface area (Å²) in [6, 6.07) is 2.76. The molecule has 1 saturated carbocycles. The Kier molecular flexibility index (Phi) is 3.94. The molecule has 2 fully saturated rings. The number of aromatic nitrogens is 2. The van der Waals surface area contributed by atoms with Crippen molar-refractivity contribution in [1.29, 1.82) is 0 Å². The van der Waals surface area contributed by atoms with Crippen molar-refractivity contribution in [1.82, 2.24) is 14.9 Å². The standard InChI is InChI=1S/C14H23N5/c15-18-14-16-8-7-12(17-14)10-19-9-3-6-13(19)11-4-1-2-5-11/h7-8,11,13H,1-6,9-10,15H2,(H,16,17,18). The third-order valence-electron chi connectivity index (χ3n) is 4.57. The van der Waals surface area contributed by atoms with E-state index in [0.29, 0.717) is 5.95 Å². The van der Waals surface area contributed by atoms with Crippen LogP contribution in [0.5, 0.6) is 0 Å². The van der Waals surface area contributed by atoms with Crippen molar-refractivity contribution in [2.24, 2.45) is 11.8 Å². The molecule has 1 aliphatic heterocycles. The van der Waals surface area contributed by atoms with Gasteiger partial charge in [0.2, 0.25) is 5.95 Å². The fraction of sp³-hybridized carbons (Fsp3) is 0.714. The van der Waals surface area contributed by atoms with Crippen LogP contribution in [0, 0.1) is 5.92 Å². The van der Waals surface area contributed by atoms with Crippen LogP contribution >= 0.6 is 0 Å². The Labute approximate surface area is 114 Å². The topological polar surface area (TPSA) is 67.1 Å². The number of nitrogens with one attached hydrogen (secondary N) is 1. The first-order valence-corrected chi connectivity index (χ1v) is 7.39. The summed E-state index contributed by atoms with van der Waals surface area (Å²) in [4.78, 5) is 11.1. The number of nitrogen functional groups attached to an aromatic ring is 1. The molecule has 104 valence electrons. The van der Waals surface area contributed by atoms with Gasteiger partial charge in [-0.3, -0.25) is 10.3 Å². The van der Waals surface area contributed by atoms with Crippen molar-refractivity contribution in [2.45, 2.75) is 51.1 Å². The van der Waals surface area contributed by atoms with Gasteiger partial charge in [-0.2, -0.15) is 0 Å². The summed E-state index contributed by atoms with van der Waals surface area (Å²) in [5, 5.41) is 0. The number of hydrogen-bond acceptors (Lipinski definition) is 5. The molecule has 1 aromatic rings. The maximum Gasteiger partial charge on any atom is 0.237 e. The van der Waals surface area contributed by atoms with Crippen LogP contribution in [-0.4, -0.2) is 27.5 Å². The van der Waals surface area contributed by atoms with Crippen molar-refractivity contribution in [2.75, 3.05) is 12.0 Å². The molecule has 1 atom stereocenters. The summed E-state index contributed by atoms with van der Waals surface area (Å²) in [5.41, 5.74) is 3.58. The maximum atomic E-state index is 5.37. The molecule has 19 heavy (non-hydrogen) atoms. The van der Waals surface area contributed by atoms with E-state index in [-0.39, 0.29) is 0 Å². The van der Waals surface area contributed by atoms with Crippen LogP contribution < -0.4 is 11.3 Å². The van der Waals surface area contributed by atoms with E-state index in [1.54, 1.807) is 6.20 Å². The third-order valence-corrected chi connectivity index (χ3v) is 4.57. The lowest BCUT2D eigenvalue weighted by Gasteiger charge is -2.29. The van der Waals surface area contributed by atoms with Gasteiger partial charge in [-0.15, -0.1) is 0 Å². The van der Waals surface area contributed by atoms with Crippen LogP contribution in [0.4, 0.5) is 5.95 Å². The van der Waals surface area contributed by atoms with Crippen LogP contribution in [-0.2, 0) is 6.54 Å². The molecule has 5 heteroatoms. The SMILES string of the molecule is NNc1nccc(CN2CCCC2C2CCCC2)n1. The second kappa shape index (κ2) is 5.84. The minimum Gasteiger partial charge on any atom is -0.294 e. The number of nitrogens with two attached hydrogens (primary N) is 1. The zero-order chi connectivity index (χ0) is 13.1. The highest BCUT2D eigenvalue weighted by molar-refractivity contribution is 5.22. The zero-order valence-electron chi connectivity index (χ0n) is 11.4. The number of nitrogens with zero attached hydrogens (tertiary/aromatic N) is 3. The van der Waals surface area contributed by atoms with Gasteiger partial charge >= 0.3 is 0 Å². The van der Waals surface area contributed by atoms with E-state index in [9.17, 15) is 0 Å². The van der Waals surface area contributed by atoms with Crippen LogP contribution in [0.3, 0.4) is 0 Å². The largest absolute Gasteiger partial charge is 0.294 e. The lowest BCUT2D eigenvalue weighted by atomic mass is 9.96. The number of rotatable bonds is 4. The predicted octanol–water partition coefficient (Wildman–Crippen LogP) is 1.92. The molecule has 5 nitrogen and oxygen atoms in total. The zero-order valence-corrected chi connectivity index (χ0v) is 11.4. The third kappa shape index (κ3) is 2.87. The van der Waals surface area contributed by atoms with E-state index in [4.69, 9.17) is 5.84 Å². The molecule has 1 aliphatic carbocycles. The second-order valence-electron chi connectivity index (χ2n) is 5.74. The number of likely N-dealkylation sites (tertiary alicyclic amines) is 1. The molecule has 0 bridgehead atoms. The Morgan fingerprint density at radius 3 is 2.89 bits per heavy atom. The van der Waals surface area contributed by atoms with Gasteiger partial charge in [-0.1, -0.05) is 12.8 Å². The van der Waals surface area contributed by atoms with E-state index < -0.39 is 0 Å². The molecule has 1 saturated heterocycles. The van der Waals surface area contributed by atoms with Crippen LogP contribution in [0.25, 0.3) is 0 Å². The monoisotopic (exact) mass is 261 g/mol. The highest BCUT2D eigenvalue weighted by atomic mass is 15.3. The number of hydrogen-bond donors (Lipinski definition) is 2. The van der Waals surface area contributed by atoms with E-state index in [1.807, 2.05) is 6.07 Å². The lowest BCUT2D eigenvalue weighted by molar-refractivity contribution is 0.181. The molecule has 0 amide bonds. The van der Waals surface area contributed by atoms with Gasteiger partial charge in [-0.05, 0) is 44.2 Å². The molecule has 3 rings (SSSR count). The fourth-order valence-corrected chi connectivity index (χ4v) is 3.69. The van der Waals surface area contributed by atoms with Crippen molar-refractivity contribution in [3.63, 3.8) is 0 Å². The number of hydrazine groups is 1. The molecule has 3 N–H and O–H groups in total. The Hall–Kier alpha value is -1.20. The normalized spacial score (nSPS) is 25.0. The summed E-state index contributed by atoms with van der Waals surface area (Å²) in [5.74, 6) is 6.79. The van der Waals surface area contributed by atoms with Crippen molar-refractivity contribution < 1.29 is 0 Å². The maximum absolute atomic E-state index is 5.37. The van der Waals surface area contributed by atoms with Gasteiger partial charge in [0.1, 0.15) is 0 Å². The Morgan fingerprint density at radius 1 is 1.26 bits per heavy atom. The Balaban J connectivity index is 1.67. The van der Waals surface area contributed by atoms with Crippen molar-refractivity contribution in [3.05, 3.63) is 18.0 Å². The van der Waals surface area contributed by atoms with Gasteiger partial charge < -0.3 is 0 Å². The van der Waals surface area contributed by atoms with E-state index in [0.717, 1.165) is 24.2 Å². The first-order valence-electron chi connectivity index (χ1n) is 7.39. The Bertz CT molecular complexity index is 416. The fourth-order valence-electron chi connectivity index (χ4n) is 3.69. The van der Waals surface area contributed by atoms with E-state index in [1.165, 1.54) is 45.1 Å². The van der Waals surface area contributed by atoms with Crippen LogP contribution in [0.1, 0.15) is 44.2 Å². The summed E-state index contributed by atoms with van der Waals surface area (Å²) < 4.78 is 0. The minimum atomic E-state index is 0.508. The first-order chi connectivity index (χ1) is 9.36.